The minimum Gasteiger partial charge on any atom is -0.313 e. The van der Waals surface area contributed by atoms with Crippen LogP contribution < -0.4 is 5.32 Å². The van der Waals surface area contributed by atoms with Crippen molar-refractivity contribution in [3.8, 4) is 0 Å². The smallest absolute Gasteiger partial charge is 0.0111 e. The standard InChI is InChI=1S/C16H25NS/c1-4-11-18-12-10-17-15(3)8-9-16-7-5-6-14(2)13-16/h4-7,13,15,17H,1,8-12H2,2-3H3. The van der Waals surface area contributed by atoms with Gasteiger partial charge in [-0.1, -0.05) is 35.9 Å². The van der Waals surface area contributed by atoms with E-state index >= 15 is 0 Å². The molecular weight excluding hydrogens is 238 g/mol. The van der Waals surface area contributed by atoms with Gasteiger partial charge in [0.15, 0.2) is 0 Å². The average Bonchev–Trinajstić information content (AvgIpc) is 2.36. The molecule has 1 unspecified atom stereocenters. The Hall–Kier alpha value is -0.730. The summed E-state index contributed by atoms with van der Waals surface area (Å²) in [4.78, 5) is 0. The highest BCUT2D eigenvalue weighted by Crippen LogP contribution is 2.08. The van der Waals surface area contributed by atoms with Crippen molar-refractivity contribution < 1.29 is 0 Å². The Kier molecular flexibility index (Phi) is 7.86. The summed E-state index contributed by atoms with van der Waals surface area (Å²) in [7, 11) is 0. The summed E-state index contributed by atoms with van der Waals surface area (Å²) in [5.74, 6) is 2.22. The molecule has 1 atom stereocenters. The highest BCUT2D eigenvalue weighted by molar-refractivity contribution is 7.99. The SMILES string of the molecule is C=CCSCCNC(C)CCc1cccc(C)c1. The van der Waals surface area contributed by atoms with E-state index in [1.54, 1.807) is 0 Å². The predicted octanol–water partition coefficient (Wildman–Crippen LogP) is 3.82. The molecule has 0 fully saturated rings. The molecule has 0 saturated heterocycles. The first-order valence-corrected chi connectivity index (χ1v) is 7.85. The van der Waals surface area contributed by atoms with Gasteiger partial charge in [0.05, 0.1) is 0 Å². The maximum Gasteiger partial charge on any atom is 0.0111 e. The Bertz CT molecular complexity index is 349. The molecule has 0 saturated carbocycles. The highest BCUT2D eigenvalue weighted by atomic mass is 32.2. The predicted molar refractivity (Wildman–Crippen MR) is 84.5 cm³/mol. The summed E-state index contributed by atoms with van der Waals surface area (Å²) >= 11 is 1.93. The number of aryl methyl sites for hydroxylation is 2. The summed E-state index contributed by atoms with van der Waals surface area (Å²) in [6.07, 6.45) is 4.33. The first-order chi connectivity index (χ1) is 8.72. The zero-order valence-electron chi connectivity index (χ0n) is 11.6. The molecule has 1 aromatic carbocycles. The van der Waals surface area contributed by atoms with E-state index in [1.165, 1.54) is 23.3 Å². The molecule has 0 spiro atoms. The second kappa shape index (κ2) is 9.23. The highest BCUT2D eigenvalue weighted by Gasteiger charge is 2.01. The van der Waals surface area contributed by atoms with Crippen molar-refractivity contribution in [1.29, 1.82) is 0 Å². The van der Waals surface area contributed by atoms with Gasteiger partial charge in [-0.15, -0.1) is 6.58 Å². The number of thioether (sulfide) groups is 1. The Balaban J connectivity index is 2.13. The van der Waals surface area contributed by atoms with Crippen molar-refractivity contribution in [3.63, 3.8) is 0 Å². The Morgan fingerprint density at radius 1 is 1.44 bits per heavy atom. The van der Waals surface area contributed by atoms with E-state index in [0.717, 1.165) is 18.7 Å². The van der Waals surface area contributed by atoms with Crippen LogP contribution in [0.4, 0.5) is 0 Å². The van der Waals surface area contributed by atoms with Crippen molar-refractivity contribution in [2.24, 2.45) is 0 Å². The molecule has 0 bridgehead atoms. The Morgan fingerprint density at radius 3 is 3.00 bits per heavy atom. The molecule has 0 aliphatic carbocycles. The van der Waals surface area contributed by atoms with E-state index in [9.17, 15) is 0 Å². The van der Waals surface area contributed by atoms with Crippen molar-refractivity contribution in [2.75, 3.05) is 18.1 Å². The third-order valence-corrected chi connectivity index (χ3v) is 3.89. The lowest BCUT2D eigenvalue weighted by atomic mass is 10.0. The summed E-state index contributed by atoms with van der Waals surface area (Å²) < 4.78 is 0. The molecule has 100 valence electrons. The minimum absolute atomic E-state index is 0.592. The third-order valence-electron chi connectivity index (χ3n) is 2.92. The lowest BCUT2D eigenvalue weighted by Crippen LogP contribution is -2.28. The van der Waals surface area contributed by atoms with Gasteiger partial charge in [0.2, 0.25) is 0 Å². The van der Waals surface area contributed by atoms with Crippen LogP contribution in [0.1, 0.15) is 24.5 Å². The van der Waals surface area contributed by atoms with E-state index in [-0.39, 0.29) is 0 Å². The largest absolute Gasteiger partial charge is 0.313 e. The van der Waals surface area contributed by atoms with E-state index in [1.807, 2.05) is 17.8 Å². The fourth-order valence-corrected chi connectivity index (χ4v) is 2.49. The van der Waals surface area contributed by atoms with Crippen LogP contribution in [0.25, 0.3) is 0 Å². The van der Waals surface area contributed by atoms with Crippen LogP contribution in [0.2, 0.25) is 0 Å². The zero-order chi connectivity index (χ0) is 13.2. The molecule has 1 nitrogen and oxygen atoms in total. The Morgan fingerprint density at radius 2 is 2.28 bits per heavy atom. The van der Waals surface area contributed by atoms with Crippen molar-refractivity contribution in [1.82, 2.24) is 5.32 Å². The van der Waals surface area contributed by atoms with Crippen LogP contribution in [0.15, 0.2) is 36.9 Å². The maximum atomic E-state index is 3.72. The summed E-state index contributed by atoms with van der Waals surface area (Å²) in [5, 5.41) is 3.57. The molecule has 0 heterocycles. The van der Waals surface area contributed by atoms with Crippen LogP contribution >= 0.6 is 11.8 Å². The molecule has 1 aromatic rings. The number of rotatable bonds is 9. The fourth-order valence-electron chi connectivity index (χ4n) is 1.90. The third kappa shape index (κ3) is 6.87. The van der Waals surface area contributed by atoms with Gasteiger partial charge >= 0.3 is 0 Å². The normalized spacial score (nSPS) is 12.3. The van der Waals surface area contributed by atoms with Gasteiger partial charge in [-0.2, -0.15) is 11.8 Å². The topological polar surface area (TPSA) is 12.0 Å². The van der Waals surface area contributed by atoms with Gasteiger partial charge in [-0.05, 0) is 32.3 Å². The first-order valence-electron chi connectivity index (χ1n) is 6.70. The molecule has 0 aliphatic heterocycles. The van der Waals surface area contributed by atoms with Crippen molar-refractivity contribution in [3.05, 3.63) is 48.0 Å². The van der Waals surface area contributed by atoms with Crippen LogP contribution in [-0.2, 0) is 6.42 Å². The van der Waals surface area contributed by atoms with Crippen LogP contribution in [-0.4, -0.2) is 24.1 Å². The van der Waals surface area contributed by atoms with E-state index in [2.05, 4.69) is 50.0 Å². The average molecular weight is 263 g/mol. The monoisotopic (exact) mass is 263 g/mol. The number of nitrogens with one attached hydrogen (secondary N) is 1. The van der Waals surface area contributed by atoms with Gasteiger partial charge in [-0.3, -0.25) is 0 Å². The molecule has 0 aliphatic rings. The van der Waals surface area contributed by atoms with Crippen LogP contribution in [0, 0.1) is 6.92 Å². The first kappa shape index (κ1) is 15.3. The molecule has 2 heteroatoms. The quantitative estimate of drug-likeness (QED) is 0.537. The van der Waals surface area contributed by atoms with Gasteiger partial charge in [0, 0.05) is 24.1 Å². The number of benzene rings is 1. The van der Waals surface area contributed by atoms with Crippen LogP contribution in [0.5, 0.6) is 0 Å². The van der Waals surface area contributed by atoms with Crippen molar-refractivity contribution >= 4 is 11.8 Å². The second-order valence-electron chi connectivity index (χ2n) is 4.75. The van der Waals surface area contributed by atoms with Gasteiger partial charge < -0.3 is 5.32 Å². The Labute approximate surface area is 116 Å². The summed E-state index contributed by atoms with van der Waals surface area (Å²) in [6, 6.07) is 9.40. The van der Waals surface area contributed by atoms with Crippen LogP contribution in [0.3, 0.4) is 0 Å². The van der Waals surface area contributed by atoms with E-state index in [0.29, 0.717) is 6.04 Å². The molecule has 18 heavy (non-hydrogen) atoms. The van der Waals surface area contributed by atoms with E-state index in [4.69, 9.17) is 0 Å². The molecule has 0 aromatic heterocycles. The lowest BCUT2D eigenvalue weighted by molar-refractivity contribution is 0.533. The number of hydrogen-bond donors (Lipinski definition) is 1. The van der Waals surface area contributed by atoms with Crippen molar-refractivity contribution in [2.45, 2.75) is 32.7 Å². The fraction of sp³-hybridized carbons (Fsp3) is 0.500. The van der Waals surface area contributed by atoms with Gasteiger partial charge in [0.25, 0.3) is 0 Å². The second-order valence-corrected chi connectivity index (χ2v) is 5.90. The molecule has 0 radical (unpaired) electrons. The summed E-state index contributed by atoms with van der Waals surface area (Å²) in [6.45, 7) is 9.24. The molecule has 0 amide bonds. The maximum absolute atomic E-state index is 3.72. The van der Waals surface area contributed by atoms with Gasteiger partial charge in [0.1, 0.15) is 0 Å². The van der Waals surface area contributed by atoms with E-state index < -0.39 is 0 Å². The summed E-state index contributed by atoms with van der Waals surface area (Å²) in [5.41, 5.74) is 2.80. The lowest BCUT2D eigenvalue weighted by Gasteiger charge is -2.13. The molecule has 1 rings (SSSR count). The molecular formula is C16H25NS. The number of hydrogen-bond acceptors (Lipinski definition) is 2. The minimum atomic E-state index is 0.592. The zero-order valence-corrected chi connectivity index (χ0v) is 12.4. The molecule has 1 N–H and O–H groups in total. The van der Waals surface area contributed by atoms with Gasteiger partial charge in [-0.25, -0.2) is 0 Å².